The molecule has 0 atom stereocenters. The first-order valence-corrected chi connectivity index (χ1v) is 5.53. The third-order valence-electron chi connectivity index (χ3n) is 2.05. The maximum Gasteiger partial charge on any atom is 0.337 e. The highest BCUT2D eigenvalue weighted by Gasteiger charge is 2.08. The number of esters is 1. The number of ether oxygens (including phenoxy) is 1. The van der Waals surface area contributed by atoms with Crippen LogP contribution in [0, 0.1) is 0 Å². The molecule has 0 aliphatic rings. The second-order valence-corrected chi connectivity index (χ2v) is 3.88. The number of alkyl halides is 1. The number of benzene rings is 1. The Balaban J connectivity index is 2.83. The minimum absolute atomic E-state index is 0.374. The molecule has 0 amide bonds. The second-order valence-electron chi connectivity index (χ2n) is 3.09. The van der Waals surface area contributed by atoms with Crippen molar-refractivity contribution in [3.63, 3.8) is 0 Å². The molecule has 0 aromatic heterocycles. The van der Waals surface area contributed by atoms with Gasteiger partial charge in [0.2, 0.25) is 0 Å². The van der Waals surface area contributed by atoms with Gasteiger partial charge in [0.25, 0.3) is 0 Å². The van der Waals surface area contributed by atoms with Gasteiger partial charge in [-0.1, -0.05) is 17.7 Å². The molecular formula is C11H12Cl2O2. The number of aryl methyl sites for hydroxylation is 1. The summed E-state index contributed by atoms with van der Waals surface area (Å²) in [6.45, 7) is 0. The molecule has 1 aromatic rings. The number of hydrogen-bond acceptors (Lipinski definition) is 2. The van der Waals surface area contributed by atoms with Crippen LogP contribution < -0.4 is 0 Å². The van der Waals surface area contributed by atoms with Gasteiger partial charge in [0.05, 0.1) is 12.7 Å². The van der Waals surface area contributed by atoms with Crippen molar-refractivity contribution in [2.75, 3.05) is 13.0 Å². The van der Waals surface area contributed by atoms with E-state index in [4.69, 9.17) is 23.2 Å². The number of carbonyl (C=O) groups excluding carboxylic acids is 1. The predicted octanol–water partition coefficient (Wildman–Crippen LogP) is 3.30. The van der Waals surface area contributed by atoms with Crippen molar-refractivity contribution in [1.82, 2.24) is 0 Å². The molecule has 0 heterocycles. The van der Waals surface area contributed by atoms with Crippen LogP contribution >= 0.6 is 23.2 Å². The Morgan fingerprint density at radius 3 is 2.73 bits per heavy atom. The average molecular weight is 247 g/mol. The summed E-state index contributed by atoms with van der Waals surface area (Å²) in [5, 5.41) is 0.586. The highest BCUT2D eigenvalue weighted by molar-refractivity contribution is 6.31. The molecule has 4 heteroatoms. The molecule has 0 saturated heterocycles. The first kappa shape index (κ1) is 12.3. The van der Waals surface area contributed by atoms with Gasteiger partial charge in [0.1, 0.15) is 0 Å². The van der Waals surface area contributed by atoms with Crippen LogP contribution in [0.15, 0.2) is 18.2 Å². The molecule has 0 bridgehead atoms. The van der Waals surface area contributed by atoms with Crippen LogP contribution in [0.2, 0.25) is 5.02 Å². The van der Waals surface area contributed by atoms with Gasteiger partial charge in [0, 0.05) is 10.9 Å². The van der Waals surface area contributed by atoms with E-state index in [9.17, 15) is 4.79 Å². The van der Waals surface area contributed by atoms with E-state index in [1.165, 1.54) is 7.11 Å². The summed E-state index contributed by atoms with van der Waals surface area (Å²) in [5.74, 6) is 0.232. The number of rotatable bonds is 4. The lowest BCUT2D eigenvalue weighted by Crippen LogP contribution is -2.01. The maximum absolute atomic E-state index is 11.2. The van der Waals surface area contributed by atoms with Gasteiger partial charge in [-0.2, -0.15) is 0 Å². The fourth-order valence-corrected chi connectivity index (χ4v) is 1.66. The molecule has 0 saturated carbocycles. The Morgan fingerprint density at radius 2 is 2.20 bits per heavy atom. The van der Waals surface area contributed by atoms with Gasteiger partial charge < -0.3 is 4.74 Å². The Bertz CT molecular complexity index is 350. The third kappa shape index (κ3) is 3.40. The van der Waals surface area contributed by atoms with Crippen molar-refractivity contribution in [2.24, 2.45) is 0 Å². The number of methoxy groups -OCH3 is 1. The van der Waals surface area contributed by atoms with Crippen LogP contribution in [0.5, 0.6) is 0 Å². The molecule has 2 nitrogen and oxygen atoms in total. The van der Waals surface area contributed by atoms with Crippen molar-refractivity contribution in [2.45, 2.75) is 12.8 Å². The molecule has 0 aliphatic heterocycles. The monoisotopic (exact) mass is 246 g/mol. The van der Waals surface area contributed by atoms with E-state index < -0.39 is 0 Å². The van der Waals surface area contributed by atoms with Crippen molar-refractivity contribution in [3.05, 3.63) is 34.3 Å². The molecule has 0 radical (unpaired) electrons. The summed E-state index contributed by atoms with van der Waals surface area (Å²) in [6, 6.07) is 5.17. The number of hydrogen-bond donors (Lipinski definition) is 0. The Hall–Kier alpha value is -0.730. The van der Waals surface area contributed by atoms with E-state index in [0.29, 0.717) is 16.5 Å². The number of carbonyl (C=O) groups is 1. The fourth-order valence-electron chi connectivity index (χ4n) is 1.25. The summed E-state index contributed by atoms with van der Waals surface area (Å²) >= 11 is 11.6. The topological polar surface area (TPSA) is 26.3 Å². The van der Waals surface area contributed by atoms with Crippen molar-refractivity contribution in [1.29, 1.82) is 0 Å². The van der Waals surface area contributed by atoms with Gasteiger partial charge in [-0.15, -0.1) is 11.6 Å². The maximum atomic E-state index is 11.2. The predicted molar refractivity (Wildman–Crippen MR) is 61.8 cm³/mol. The lowest BCUT2D eigenvalue weighted by molar-refractivity contribution is 0.0600. The highest BCUT2D eigenvalue weighted by atomic mass is 35.5. The fraction of sp³-hybridized carbons (Fsp3) is 0.364. The van der Waals surface area contributed by atoms with Gasteiger partial charge in [-0.05, 0) is 30.5 Å². The van der Waals surface area contributed by atoms with Gasteiger partial charge in [0.15, 0.2) is 0 Å². The van der Waals surface area contributed by atoms with Crippen molar-refractivity contribution in [3.8, 4) is 0 Å². The molecule has 0 fully saturated rings. The van der Waals surface area contributed by atoms with Crippen LogP contribution in [0.1, 0.15) is 22.3 Å². The smallest absolute Gasteiger partial charge is 0.337 e. The molecule has 15 heavy (non-hydrogen) atoms. The summed E-state index contributed by atoms with van der Waals surface area (Å²) < 4.78 is 4.59. The molecule has 1 rings (SSSR count). The zero-order chi connectivity index (χ0) is 11.3. The largest absolute Gasteiger partial charge is 0.465 e. The van der Waals surface area contributed by atoms with E-state index >= 15 is 0 Å². The standard InChI is InChI=1S/C11H12Cl2O2/c1-15-11(14)9-5-4-8(3-2-6-12)10(13)7-9/h4-5,7H,2-3,6H2,1H3. The Labute approximate surface area is 99.1 Å². The van der Waals surface area contributed by atoms with Gasteiger partial charge in [-0.25, -0.2) is 4.79 Å². The summed E-state index contributed by atoms with van der Waals surface area (Å²) in [4.78, 5) is 11.2. The van der Waals surface area contributed by atoms with Gasteiger partial charge >= 0.3 is 5.97 Å². The van der Waals surface area contributed by atoms with Crippen LogP contribution in [-0.2, 0) is 11.2 Å². The van der Waals surface area contributed by atoms with Crippen LogP contribution in [0.25, 0.3) is 0 Å². The first-order chi connectivity index (χ1) is 7.19. The van der Waals surface area contributed by atoms with Crippen LogP contribution in [-0.4, -0.2) is 19.0 Å². The molecule has 0 spiro atoms. The summed E-state index contributed by atoms with van der Waals surface area (Å²) in [6.07, 6.45) is 1.70. The normalized spacial score (nSPS) is 10.1. The zero-order valence-corrected chi connectivity index (χ0v) is 9.94. The zero-order valence-electron chi connectivity index (χ0n) is 8.43. The molecule has 1 aromatic carbocycles. The van der Waals surface area contributed by atoms with E-state index in [2.05, 4.69) is 4.74 Å². The minimum Gasteiger partial charge on any atom is -0.465 e. The van der Waals surface area contributed by atoms with E-state index in [-0.39, 0.29) is 5.97 Å². The highest BCUT2D eigenvalue weighted by Crippen LogP contribution is 2.20. The Kier molecular flexibility index (Phi) is 4.92. The Morgan fingerprint density at radius 1 is 1.47 bits per heavy atom. The summed E-state index contributed by atoms with van der Waals surface area (Å²) in [5.41, 5.74) is 1.47. The van der Waals surface area contributed by atoms with E-state index in [1.54, 1.807) is 12.1 Å². The van der Waals surface area contributed by atoms with Crippen molar-refractivity contribution >= 4 is 29.2 Å². The lowest BCUT2D eigenvalue weighted by Gasteiger charge is -2.05. The SMILES string of the molecule is COC(=O)c1ccc(CCCCl)c(Cl)c1. The van der Waals surface area contributed by atoms with Crippen LogP contribution in [0.3, 0.4) is 0 Å². The van der Waals surface area contributed by atoms with Crippen LogP contribution in [0.4, 0.5) is 0 Å². The second kappa shape index (κ2) is 5.99. The van der Waals surface area contributed by atoms with E-state index in [0.717, 1.165) is 18.4 Å². The van der Waals surface area contributed by atoms with E-state index in [1.807, 2.05) is 6.07 Å². The number of halogens is 2. The first-order valence-electron chi connectivity index (χ1n) is 4.61. The van der Waals surface area contributed by atoms with Crippen molar-refractivity contribution < 1.29 is 9.53 Å². The molecule has 0 aliphatic carbocycles. The molecule has 0 N–H and O–H groups in total. The lowest BCUT2D eigenvalue weighted by atomic mass is 10.1. The quantitative estimate of drug-likeness (QED) is 0.602. The summed E-state index contributed by atoms with van der Waals surface area (Å²) in [7, 11) is 1.34. The third-order valence-corrected chi connectivity index (χ3v) is 2.67. The molecule has 0 unspecified atom stereocenters. The molecule has 82 valence electrons. The van der Waals surface area contributed by atoms with Gasteiger partial charge in [-0.3, -0.25) is 0 Å². The average Bonchev–Trinajstić information content (AvgIpc) is 2.26. The minimum atomic E-state index is -0.374. The molecular weight excluding hydrogens is 235 g/mol.